The zero-order valence-electron chi connectivity index (χ0n) is 10.7. The molecule has 1 saturated carbocycles. The summed E-state index contributed by atoms with van der Waals surface area (Å²) in [5, 5.41) is 6.69. The third kappa shape index (κ3) is 3.32. The Kier molecular flexibility index (Phi) is 3.97. The van der Waals surface area contributed by atoms with Crippen molar-refractivity contribution in [1.82, 2.24) is 5.32 Å². The number of amides is 1. The van der Waals surface area contributed by atoms with Gasteiger partial charge in [0.25, 0.3) is 5.91 Å². The molecule has 1 aromatic carbocycles. The summed E-state index contributed by atoms with van der Waals surface area (Å²) in [6.07, 6.45) is 4.07. The number of nitrogens with one attached hydrogen (secondary N) is 1. The second-order valence-corrected chi connectivity index (χ2v) is 4.64. The highest BCUT2D eigenvalue weighted by Gasteiger charge is 2.28. The Balaban J connectivity index is 1.95. The fraction of sp³-hybridized carbons (Fsp3) is 0.429. The van der Waals surface area contributed by atoms with E-state index in [-0.39, 0.29) is 11.9 Å². The van der Waals surface area contributed by atoms with Crippen LogP contribution in [0.5, 0.6) is 0 Å². The summed E-state index contributed by atoms with van der Waals surface area (Å²) in [4.78, 5) is 16.5. The van der Waals surface area contributed by atoms with Gasteiger partial charge >= 0.3 is 0 Å². The molecule has 0 radical (unpaired) electrons. The fourth-order valence-corrected chi connectivity index (χ4v) is 1.84. The number of nitrogens with zero attached hydrogens (tertiary/aromatic N) is 1. The summed E-state index contributed by atoms with van der Waals surface area (Å²) in [6.45, 7) is 2.06. The maximum atomic E-state index is 11.9. The molecule has 1 aromatic rings. The van der Waals surface area contributed by atoms with Crippen LogP contribution in [-0.4, -0.2) is 25.3 Å². The number of carbonyl (C=O) groups is 1. The van der Waals surface area contributed by atoms with Crippen LogP contribution in [0.2, 0.25) is 0 Å². The summed E-state index contributed by atoms with van der Waals surface area (Å²) in [5.74, 6) is 0.659. The molecular formula is C14H18N2O2. The van der Waals surface area contributed by atoms with Crippen molar-refractivity contribution in [3.8, 4) is 0 Å². The molecule has 1 unspecified atom stereocenters. The molecule has 1 amide bonds. The van der Waals surface area contributed by atoms with Gasteiger partial charge in [0.15, 0.2) is 0 Å². The van der Waals surface area contributed by atoms with Crippen LogP contribution >= 0.6 is 0 Å². The number of rotatable bonds is 5. The molecule has 4 nitrogen and oxygen atoms in total. The van der Waals surface area contributed by atoms with Gasteiger partial charge in [0, 0.05) is 11.6 Å². The van der Waals surface area contributed by atoms with Gasteiger partial charge in [0.2, 0.25) is 0 Å². The Morgan fingerprint density at radius 2 is 2.11 bits per heavy atom. The zero-order chi connectivity index (χ0) is 13.0. The number of carbonyl (C=O) groups excluding carboxylic acids is 1. The molecule has 1 fully saturated rings. The summed E-state index contributed by atoms with van der Waals surface area (Å²) in [7, 11) is 1.50. The van der Waals surface area contributed by atoms with Crippen LogP contribution in [0.4, 0.5) is 0 Å². The van der Waals surface area contributed by atoms with E-state index in [2.05, 4.69) is 22.2 Å². The predicted octanol–water partition coefficient (Wildman–Crippen LogP) is 2.20. The van der Waals surface area contributed by atoms with E-state index in [1.807, 2.05) is 12.1 Å². The molecule has 1 aliphatic carbocycles. The van der Waals surface area contributed by atoms with E-state index in [0.29, 0.717) is 11.5 Å². The maximum Gasteiger partial charge on any atom is 0.251 e. The van der Waals surface area contributed by atoms with Crippen molar-refractivity contribution < 1.29 is 9.63 Å². The Hall–Kier alpha value is -1.84. The summed E-state index contributed by atoms with van der Waals surface area (Å²) >= 11 is 0. The SMILES string of the molecule is CO/N=C/c1ccc(C(=O)NC(C)C2CC2)cc1. The molecule has 18 heavy (non-hydrogen) atoms. The van der Waals surface area contributed by atoms with E-state index in [4.69, 9.17) is 0 Å². The fourth-order valence-electron chi connectivity index (χ4n) is 1.84. The van der Waals surface area contributed by atoms with Crippen molar-refractivity contribution in [2.24, 2.45) is 11.1 Å². The Morgan fingerprint density at radius 1 is 1.44 bits per heavy atom. The third-order valence-corrected chi connectivity index (χ3v) is 3.17. The largest absolute Gasteiger partial charge is 0.399 e. The normalized spacial score (nSPS) is 16.6. The van der Waals surface area contributed by atoms with Gasteiger partial charge in [-0.1, -0.05) is 17.3 Å². The molecule has 0 aliphatic heterocycles. The Morgan fingerprint density at radius 3 is 2.67 bits per heavy atom. The molecule has 4 heteroatoms. The topological polar surface area (TPSA) is 50.7 Å². The minimum Gasteiger partial charge on any atom is -0.399 e. The minimum absolute atomic E-state index is 0.00960. The van der Waals surface area contributed by atoms with E-state index in [1.165, 1.54) is 20.0 Å². The van der Waals surface area contributed by atoms with Crippen LogP contribution in [0, 0.1) is 5.92 Å². The van der Waals surface area contributed by atoms with Gasteiger partial charge < -0.3 is 10.2 Å². The van der Waals surface area contributed by atoms with Gasteiger partial charge in [-0.15, -0.1) is 0 Å². The quantitative estimate of drug-likeness (QED) is 0.639. The summed E-state index contributed by atoms with van der Waals surface area (Å²) in [5.41, 5.74) is 1.58. The Labute approximate surface area is 107 Å². The number of hydrogen-bond donors (Lipinski definition) is 1. The molecule has 0 heterocycles. The lowest BCUT2D eigenvalue weighted by Gasteiger charge is -2.12. The van der Waals surface area contributed by atoms with Crippen LogP contribution in [0.1, 0.15) is 35.7 Å². The molecule has 1 aliphatic rings. The van der Waals surface area contributed by atoms with E-state index in [9.17, 15) is 4.79 Å². The first-order valence-corrected chi connectivity index (χ1v) is 6.18. The maximum absolute atomic E-state index is 11.9. The van der Waals surface area contributed by atoms with Crippen LogP contribution in [0.3, 0.4) is 0 Å². The van der Waals surface area contributed by atoms with E-state index >= 15 is 0 Å². The highest BCUT2D eigenvalue weighted by molar-refractivity contribution is 5.95. The summed E-state index contributed by atoms with van der Waals surface area (Å²) < 4.78 is 0. The minimum atomic E-state index is -0.00960. The lowest BCUT2D eigenvalue weighted by atomic mass is 10.1. The Bertz CT molecular complexity index is 436. The van der Waals surface area contributed by atoms with E-state index in [0.717, 1.165) is 5.56 Å². The first kappa shape index (κ1) is 12.6. The van der Waals surface area contributed by atoms with Crippen LogP contribution in [0.15, 0.2) is 29.4 Å². The van der Waals surface area contributed by atoms with Crippen LogP contribution in [-0.2, 0) is 4.84 Å². The molecule has 0 aromatic heterocycles. The number of oxime groups is 1. The van der Waals surface area contributed by atoms with Crippen molar-refractivity contribution in [3.63, 3.8) is 0 Å². The van der Waals surface area contributed by atoms with Gasteiger partial charge in [0.05, 0.1) is 6.21 Å². The van der Waals surface area contributed by atoms with Gasteiger partial charge in [-0.25, -0.2) is 0 Å². The number of hydrogen-bond acceptors (Lipinski definition) is 3. The first-order valence-electron chi connectivity index (χ1n) is 6.18. The average Bonchev–Trinajstić information content (AvgIpc) is 3.21. The smallest absolute Gasteiger partial charge is 0.251 e. The molecule has 1 N–H and O–H groups in total. The van der Waals surface area contributed by atoms with Gasteiger partial charge in [-0.3, -0.25) is 4.79 Å². The van der Waals surface area contributed by atoms with Crippen molar-refractivity contribution in [2.45, 2.75) is 25.8 Å². The van der Waals surface area contributed by atoms with Crippen LogP contribution in [0.25, 0.3) is 0 Å². The number of benzene rings is 1. The van der Waals surface area contributed by atoms with Crippen LogP contribution < -0.4 is 5.32 Å². The second-order valence-electron chi connectivity index (χ2n) is 4.64. The van der Waals surface area contributed by atoms with Gasteiger partial charge in [-0.2, -0.15) is 0 Å². The highest BCUT2D eigenvalue weighted by atomic mass is 16.6. The lowest BCUT2D eigenvalue weighted by Crippen LogP contribution is -2.33. The van der Waals surface area contributed by atoms with E-state index in [1.54, 1.807) is 18.3 Å². The molecular weight excluding hydrogens is 228 g/mol. The second kappa shape index (κ2) is 5.67. The molecule has 96 valence electrons. The molecule has 1 atom stereocenters. The molecule has 0 spiro atoms. The molecule has 0 bridgehead atoms. The standard InChI is InChI=1S/C14H18N2O2/c1-10(12-7-8-12)16-14(17)13-5-3-11(4-6-13)9-15-18-2/h3-6,9-10,12H,7-8H2,1-2H3,(H,16,17)/b15-9+. The van der Waals surface area contributed by atoms with Crippen molar-refractivity contribution in [3.05, 3.63) is 35.4 Å². The van der Waals surface area contributed by atoms with Crippen molar-refractivity contribution >= 4 is 12.1 Å². The molecule has 2 rings (SSSR count). The highest BCUT2D eigenvalue weighted by Crippen LogP contribution is 2.32. The van der Waals surface area contributed by atoms with Crippen molar-refractivity contribution in [2.75, 3.05) is 7.11 Å². The first-order chi connectivity index (χ1) is 8.70. The predicted molar refractivity (Wildman–Crippen MR) is 70.7 cm³/mol. The zero-order valence-corrected chi connectivity index (χ0v) is 10.7. The third-order valence-electron chi connectivity index (χ3n) is 3.17. The van der Waals surface area contributed by atoms with E-state index < -0.39 is 0 Å². The molecule has 0 saturated heterocycles. The van der Waals surface area contributed by atoms with Crippen molar-refractivity contribution in [1.29, 1.82) is 0 Å². The average molecular weight is 246 g/mol. The lowest BCUT2D eigenvalue weighted by molar-refractivity contribution is 0.0936. The van der Waals surface area contributed by atoms with Gasteiger partial charge in [0.1, 0.15) is 7.11 Å². The monoisotopic (exact) mass is 246 g/mol. The van der Waals surface area contributed by atoms with Gasteiger partial charge in [-0.05, 0) is 43.4 Å². The summed E-state index contributed by atoms with van der Waals surface area (Å²) in [6, 6.07) is 7.56.